The number of halogens is 1. The molecular formula is C16H23ClO3. The summed E-state index contributed by atoms with van der Waals surface area (Å²) in [6.07, 6.45) is 6.15. The van der Waals surface area contributed by atoms with E-state index >= 15 is 0 Å². The zero-order chi connectivity index (χ0) is 15.0. The minimum atomic E-state index is 0.0721. The molecule has 3 nitrogen and oxygen atoms in total. The van der Waals surface area contributed by atoms with E-state index in [9.17, 15) is 4.79 Å². The summed E-state index contributed by atoms with van der Waals surface area (Å²) in [7, 11) is 3.05. The van der Waals surface area contributed by atoms with Gasteiger partial charge >= 0.3 is 0 Å². The molecule has 112 valence electrons. The normalized spacial score (nSPS) is 10.4. The molecule has 0 aromatic heterocycles. The summed E-state index contributed by atoms with van der Waals surface area (Å²) in [5.41, 5.74) is 0.536. The summed E-state index contributed by atoms with van der Waals surface area (Å²) in [6, 6.07) is 3.42. The minimum Gasteiger partial charge on any atom is -0.495 e. The lowest BCUT2D eigenvalue weighted by atomic mass is 10.0. The summed E-state index contributed by atoms with van der Waals surface area (Å²) >= 11 is 6.16. The number of ketones is 1. The third kappa shape index (κ3) is 4.41. The molecule has 0 aliphatic heterocycles. The van der Waals surface area contributed by atoms with Crippen LogP contribution in [0.4, 0.5) is 0 Å². The maximum absolute atomic E-state index is 12.2. The fourth-order valence-corrected chi connectivity index (χ4v) is 2.46. The topological polar surface area (TPSA) is 35.5 Å². The zero-order valence-corrected chi connectivity index (χ0v) is 13.3. The first-order valence-electron chi connectivity index (χ1n) is 7.09. The summed E-state index contributed by atoms with van der Waals surface area (Å²) < 4.78 is 10.4. The molecule has 0 spiro atoms. The van der Waals surface area contributed by atoms with Crippen LogP contribution < -0.4 is 9.47 Å². The van der Waals surface area contributed by atoms with Crippen molar-refractivity contribution in [3.05, 3.63) is 22.7 Å². The van der Waals surface area contributed by atoms with Gasteiger partial charge in [-0.2, -0.15) is 0 Å². The zero-order valence-electron chi connectivity index (χ0n) is 12.5. The maximum Gasteiger partial charge on any atom is 0.166 e. The van der Waals surface area contributed by atoms with Gasteiger partial charge in [-0.3, -0.25) is 4.79 Å². The minimum absolute atomic E-state index is 0.0721. The van der Waals surface area contributed by atoms with Gasteiger partial charge < -0.3 is 9.47 Å². The van der Waals surface area contributed by atoms with Crippen molar-refractivity contribution in [1.29, 1.82) is 0 Å². The molecule has 0 atom stereocenters. The van der Waals surface area contributed by atoms with E-state index in [4.69, 9.17) is 21.1 Å². The standard InChI is InChI=1S/C16H23ClO3/c1-4-5-6-7-8-9-13(18)12-10-11-14(19-2)15(17)16(12)20-3/h10-11H,4-9H2,1-3H3. The highest BCUT2D eigenvalue weighted by Gasteiger charge is 2.18. The van der Waals surface area contributed by atoms with Gasteiger partial charge in [0.2, 0.25) is 0 Å². The van der Waals surface area contributed by atoms with E-state index in [1.54, 1.807) is 12.1 Å². The Bertz CT molecular complexity index is 444. The van der Waals surface area contributed by atoms with E-state index in [1.807, 2.05) is 0 Å². The molecule has 0 aliphatic rings. The Hall–Kier alpha value is -1.22. The van der Waals surface area contributed by atoms with Crippen molar-refractivity contribution < 1.29 is 14.3 Å². The van der Waals surface area contributed by atoms with Crippen LogP contribution in [0.15, 0.2) is 12.1 Å². The van der Waals surface area contributed by atoms with Crippen LogP contribution in [0, 0.1) is 0 Å². The van der Waals surface area contributed by atoms with Gasteiger partial charge in [0.15, 0.2) is 11.5 Å². The van der Waals surface area contributed by atoms with E-state index in [0.717, 1.165) is 12.8 Å². The summed E-state index contributed by atoms with van der Waals surface area (Å²) in [6.45, 7) is 2.18. The van der Waals surface area contributed by atoms with Crippen LogP contribution in [-0.2, 0) is 0 Å². The molecule has 0 amide bonds. The molecule has 0 unspecified atom stereocenters. The first-order chi connectivity index (χ1) is 9.65. The highest BCUT2D eigenvalue weighted by Crippen LogP contribution is 2.37. The lowest BCUT2D eigenvalue weighted by Crippen LogP contribution is -2.03. The van der Waals surface area contributed by atoms with Crippen LogP contribution in [-0.4, -0.2) is 20.0 Å². The van der Waals surface area contributed by atoms with Gasteiger partial charge in [-0.25, -0.2) is 0 Å². The Labute approximate surface area is 126 Å². The van der Waals surface area contributed by atoms with Crippen LogP contribution >= 0.6 is 11.6 Å². The first kappa shape index (κ1) is 16.8. The Morgan fingerprint density at radius 3 is 2.40 bits per heavy atom. The van der Waals surface area contributed by atoms with E-state index in [1.165, 1.54) is 33.5 Å². The number of benzene rings is 1. The number of Topliss-reactive ketones (excluding diaryl/α,β-unsaturated/α-hetero) is 1. The van der Waals surface area contributed by atoms with Crippen molar-refractivity contribution in [2.75, 3.05) is 14.2 Å². The van der Waals surface area contributed by atoms with Gasteiger partial charge in [0, 0.05) is 6.42 Å². The fraction of sp³-hybridized carbons (Fsp3) is 0.562. The van der Waals surface area contributed by atoms with E-state index in [-0.39, 0.29) is 5.78 Å². The van der Waals surface area contributed by atoms with Gasteiger partial charge in [0.1, 0.15) is 10.8 Å². The smallest absolute Gasteiger partial charge is 0.166 e. The Morgan fingerprint density at radius 1 is 1.10 bits per heavy atom. The number of methoxy groups -OCH3 is 2. The van der Waals surface area contributed by atoms with Crippen molar-refractivity contribution in [3.8, 4) is 11.5 Å². The number of carbonyl (C=O) groups excluding carboxylic acids is 1. The highest BCUT2D eigenvalue weighted by molar-refractivity contribution is 6.34. The molecule has 0 heterocycles. The van der Waals surface area contributed by atoms with Crippen molar-refractivity contribution in [2.45, 2.75) is 45.4 Å². The molecule has 20 heavy (non-hydrogen) atoms. The number of hydrogen-bond acceptors (Lipinski definition) is 3. The van der Waals surface area contributed by atoms with Gasteiger partial charge in [-0.15, -0.1) is 0 Å². The van der Waals surface area contributed by atoms with E-state index in [2.05, 4.69) is 6.92 Å². The lowest BCUT2D eigenvalue weighted by molar-refractivity contribution is 0.0976. The molecule has 4 heteroatoms. The van der Waals surface area contributed by atoms with Crippen molar-refractivity contribution in [2.24, 2.45) is 0 Å². The molecular weight excluding hydrogens is 276 g/mol. The van der Waals surface area contributed by atoms with Gasteiger partial charge in [-0.1, -0.05) is 44.2 Å². The predicted octanol–water partition coefficient (Wildman–Crippen LogP) is 4.90. The number of unbranched alkanes of at least 4 members (excludes halogenated alkanes) is 4. The summed E-state index contributed by atoms with van der Waals surface area (Å²) in [5, 5.41) is 0.354. The SMILES string of the molecule is CCCCCCCC(=O)c1ccc(OC)c(Cl)c1OC. The van der Waals surface area contributed by atoms with Gasteiger partial charge in [0.25, 0.3) is 0 Å². The van der Waals surface area contributed by atoms with Crippen molar-refractivity contribution in [3.63, 3.8) is 0 Å². The average Bonchev–Trinajstić information content (AvgIpc) is 2.46. The number of carbonyl (C=O) groups is 1. The Morgan fingerprint density at radius 2 is 1.80 bits per heavy atom. The second-order valence-corrected chi connectivity index (χ2v) is 5.13. The predicted molar refractivity (Wildman–Crippen MR) is 82.3 cm³/mol. The first-order valence-corrected chi connectivity index (χ1v) is 7.47. The Balaban J connectivity index is 2.70. The molecule has 0 saturated heterocycles. The molecule has 0 fully saturated rings. The van der Waals surface area contributed by atoms with Crippen LogP contribution in [0.3, 0.4) is 0 Å². The van der Waals surface area contributed by atoms with Crippen LogP contribution in [0.5, 0.6) is 11.5 Å². The summed E-state index contributed by atoms with van der Waals surface area (Å²) in [5.74, 6) is 0.996. The molecule has 0 N–H and O–H groups in total. The molecule has 0 radical (unpaired) electrons. The van der Waals surface area contributed by atoms with Crippen molar-refractivity contribution in [1.82, 2.24) is 0 Å². The molecule has 0 saturated carbocycles. The Kier molecular flexibility index (Phi) is 7.45. The van der Waals surface area contributed by atoms with E-state index in [0.29, 0.717) is 28.5 Å². The third-order valence-electron chi connectivity index (χ3n) is 3.29. The maximum atomic E-state index is 12.2. The number of rotatable bonds is 9. The second-order valence-electron chi connectivity index (χ2n) is 4.75. The third-order valence-corrected chi connectivity index (χ3v) is 3.65. The monoisotopic (exact) mass is 298 g/mol. The van der Waals surface area contributed by atoms with Crippen LogP contribution in [0.2, 0.25) is 5.02 Å². The second kappa shape index (κ2) is 8.85. The molecule has 1 aromatic rings. The molecule has 0 bridgehead atoms. The quantitative estimate of drug-likeness (QED) is 0.480. The van der Waals surface area contributed by atoms with Gasteiger partial charge in [0.05, 0.1) is 19.8 Å². The van der Waals surface area contributed by atoms with Crippen LogP contribution in [0.25, 0.3) is 0 Å². The van der Waals surface area contributed by atoms with Gasteiger partial charge in [-0.05, 0) is 18.6 Å². The lowest BCUT2D eigenvalue weighted by Gasteiger charge is -2.12. The average molecular weight is 299 g/mol. The fourth-order valence-electron chi connectivity index (χ4n) is 2.14. The molecule has 1 rings (SSSR count). The summed E-state index contributed by atoms with van der Waals surface area (Å²) in [4.78, 5) is 12.2. The van der Waals surface area contributed by atoms with Crippen LogP contribution in [0.1, 0.15) is 55.8 Å². The van der Waals surface area contributed by atoms with Crippen molar-refractivity contribution >= 4 is 17.4 Å². The number of ether oxygens (including phenoxy) is 2. The van der Waals surface area contributed by atoms with E-state index < -0.39 is 0 Å². The highest BCUT2D eigenvalue weighted by atomic mass is 35.5. The largest absolute Gasteiger partial charge is 0.495 e. The molecule has 0 aliphatic carbocycles. The molecule has 1 aromatic carbocycles. The number of hydrogen-bond donors (Lipinski definition) is 0.